The quantitative estimate of drug-likeness (QED) is 0.461. The predicted molar refractivity (Wildman–Crippen MR) is 80.7 cm³/mol. The van der Waals surface area contributed by atoms with E-state index in [2.05, 4.69) is 5.32 Å². The van der Waals surface area contributed by atoms with Gasteiger partial charge in [-0.25, -0.2) is 4.79 Å². The van der Waals surface area contributed by atoms with Crippen molar-refractivity contribution >= 4 is 58.3 Å². The fourth-order valence-electron chi connectivity index (χ4n) is 1.51. The van der Waals surface area contributed by atoms with E-state index in [9.17, 15) is 14.7 Å². The Morgan fingerprint density at radius 1 is 1.00 bits per heavy atom. The molecule has 1 amide bonds. The average molecular weight is 359 g/mol. The highest BCUT2D eigenvalue weighted by atomic mass is 35.5. The van der Waals surface area contributed by atoms with Gasteiger partial charge in [-0.15, -0.1) is 0 Å². The lowest BCUT2D eigenvalue weighted by atomic mass is 10.1. The van der Waals surface area contributed by atoms with E-state index in [1.807, 2.05) is 6.92 Å². The summed E-state index contributed by atoms with van der Waals surface area (Å²) in [5, 5.41) is 10.9. The van der Waals surface area contributed by atoms with Crippen molar-refractivity contribution in [2.45, 2.75) is 19.8 Å². The largest absolute Gasteiger partial charge is 0.478 e. The molecule has 4 nitrogen and oxygen atoms in total. The first-order chi connectivity index (χ1) is 9.32. The summed E-state index contributed by atoms with van der Waals surface area (Å²) < 4.78 is 0. The first-order valence-corrected chi connectivity index (χ1v) is 7.21. The number of carbonyl (C=O) groups is 2. The minimum absolute atomic E-state index is 0.149. The number of carbonyl (C=O) groups excluding carboxylic acids is 1. The van der Waals surface area contributed by atoms with E-state index >= 15 is 0 Å². The van der Waals surface area contributed by atoms with E-state index in [0.29, 0.717) is 6.54 Å². The third kappa shape index (κ3) is 3.50. The number of rotatable bonds is 5. The van der Waals surface area contributed by atoms with E-state index in [1.54, 1.807) is 0 Å². The fourth-order valence-corrected chi connectivity index (χ4v) is 2.53. The zero-order valence-electron chi connectivity index (χ0n) is 10.4. The maximum Gasteiger partial charge on any atom is 0.338 e. The van der Waals surface area contributed by atoms with Crippen LogP contribution in [0.1, 0.15) is 40.5 Å². The molecule has 0 saturated heterocycles. The molecule has 0 aromatic heterocycles. The van der Waals surface area contributed by atoms with Gasteiger partial charge in [0.05, 0.1) is 31.2 Å². The van der Waals surface area contributed by atoms with Crippen molar-refractivity contribution in [1.82, 2.24) is 5.32 Å². The molecule has 0 aliphatic rings. The highest BCUT2D eigenvalue weighted by Crippen LogP contribution is 2.41. The van der Waals surface area contributed by atoms with Crippen molar-refractivity contribution in [1.29, 1.82) is 0 Å². The van der Waals surface area contributed by atoms with Crippen molar-refractivity contribution in [2.24, 2.45) is 0 Å². The Morgan fingerprint density at radius 2 is 1.50 bits per heavy atom. The number of nitrogens with one attached hydrogen (secondary N) is 1. The Hall–Kier alpha value is -0.680. The van der Waals surface area contributed by atoms with Gasteiger partial charge in [-0.2, -0.15) is 0 Å². The van der Waals surface area contributed by atoms with Crippen LogP contribution in [0.15, 0.2) is 0 Å². The van der Waals surface area contributed by atoms with Crippen molar-refractivity contribution in [3.63, 3.8) is 0 Å². The molecular weight excluding hydrogens is 348 g/mol. The summed E-state index contributed by atoms with van der Waals surface area (Å²) in [7, 11) is 0. The Labute approximate surface area is 136 Å². The van der Waals surface area contributed by atoms with Crippen LogP contribution in [0.3, 0.4) is 0 Å². The minimum Gasteiger partial charge on any atom is -0.478 e. The van der Waals surface area contributed by atoms with Gasteiger partial charge in [-0.1, -0.05) is 59.7 Å². The number of unbranched alkanes of at least 4 members (excludes halogenated alkanes) is 1. The van der Waals surface area contributed by atoms with Gasteiger partial charge in [0.25, 0.3) is 5.91 Å². The summed E-state index contributed by atoms with van der Waals surface area (Å²) in [6.45, 7) is 2.35. The molecular formula is C12H11Cl4NO3. The molecule has 1 rings (SSSR count). The molecule has 1 aromatic carbocycles. The van der Waals surface area contributed by atoms with Crippen molar-refractivity contribution < 1.29 is 14.7 Å². The number of carboxylic acids is 1. The van der Waals surface area contributed by atoms with E-state index in [1.165, 1.54) is 0 Å². The Kier molecular flexibility index (Phi) is 6.40. The van der Waals surface area contributed by atoms with Crippen LogP contribution in [0.4, 0.5) is 0 Å². The highest BCUT2D eigenvalue weighted by molar-refractivity contribution is 6.54. The number of hydrogen-bond donors (Lipinski definition) is 2. The van der Waals surface area contributed by atoms with Crippen LogP contribution in [0.25, 0.3) is 0 Å². The van der Waals surface area contributed by atoms with E-state index in [4.69, 9.17) is 46.4 Å². The van der Waals surface area contributed by atoms with Gasteiger partial charge in [0.2, 0.25) is 0 Å². The van der Waals surface area contributed by atoms with Crippen LogP contribution in [0, 0.1) is 0 Å². The molecule has 110 valence electrons. The van der Waals surface area contributed by atoms with Gasteiger partial charge in [0.15, 0.2) is 0 Å². The average Bonchev–Trinajstić information content (AvgIpc) is 2.39. The predicted octanol–water partition coefficient (Wildman–Crippen LogP) is 4.53. The molecule has 0 spiro atoms. The van der Waals surface area contributed by atoms with E-state index < -0.39 is 17.4 Å². The molecule has 0 fully saturated rings. The molecule has 1 aromatic rings. The normalized spacial score (nSPS) is 10.4. The molecule has 0 unspecified atom stereocenters. The van der Waals surface area contributed by atoms with Gasteiger partial charge in [0, 0.05) is 6.54 Å². The topological polar surface area (TPSA) is 66.4 Å². The molecule has 8 heteroatoms. The molecule has 20 heavy (non-hydrogen) atoms. The molecule has 0 aliphatic heterocycles. The number of hydrogen-bond acceptors (Lipinski definition) is 2. The summed E-state index contributed by atoms with van der Waals surface area (Å²) in [4.78, 5) is 23.3. The van der Waals surface area contributed by atoms with Crippen LogP contribution in [-0.4, -0.2) is 23.5 Å². The lowest BCUT2D eigenvalue weighted by Crippen LogP contribution is -2.27. The lowest BCUT2D eigenvalue weighted by Gasteiger charge is -2.13. The second-order valence-electron chi connectivity index (χ2n) is 3.92. The van der Waals surface area contributed by atoms with E-state index in [-0.39, 0.29) is 25.7 Å². The van der Waals surface area contributed by atoms with Crippen molar-refractivity contribution in [3.05, 3.63) is 31.2 Å². The molecule has 0 atom stereocenters. The summed E-state index contributed by atoms with van der Waals surface area (Å²) >= 11 is 23.4. The van der Waals surface area contributed by atoms with Gasteiger partial charge >= 0.3 is 5.97 Å². The molecule has 0 saturated carbocycles. The second-order valence-corrected chi connectivity index (χ2v) is 5.43. The van der Waals surface area contributed by atoms with Crippen LogP contribution in [0.5, 0.6) is 0 Å². The Bertz CT molecular complexity index is 560. The Morgan fingerprint density at radius 3 is 1.95 bits per heavy atom. The van der Waals surface area contributed by atoms with Crippen molar-refractivity contribution in [2.75, 3.05) is 6.54 Å². The number of halogens is 4. The molecule has 2 N–H and O–H groups in total. The summed E-state index contributed by atoms with van der Waals surface area (Å²) in [5.74, 6) is -2.06. The maximum absolute atomic E-state index is 12.1. The summed E-state index contributed by atoms with van der Waals surface area (Å²) in [6, 6.07) is 0. The Balaban J connectivity index is 3.37. The zero-order valence-corrected chi connectivity index (χ0v) is 13.4. The number of aromatic carboxylic acids is 1. The first-order valence-electron chi connectivity index (χ1n) is 5.70. The molecule has 0 bridgehead atoms. The third-order valence-electron chi connectivity index (χ3n) is 2.52. The highest BCUT2D eigenvalue weighted by Gasteiger charge is 2.28. The van der Waals surface area contributed by atoms with Gasteiger partial charge in [-0.05, 0) is 6.42 Å². The third-order valence-corrected chi connectivity index (χ3v) is 4.33. The second kappa shape index (κ2) is 7.36. The monoisotopic (exact) mass is 357 g/mol. The zero-order chi connectivity index (χ0) is 15.4. The van der Waals surface area contributed by atoms with Crippen LogP contribution in [0.2, 0.25) is 20.1 Å². The summed E-state index contributed by atoms with van der Waals surface area (Å²) in [5.41, 5.74) is -0.741. The maximum atomic E-state index is 12.1. The minimum atomic E-state index is -1.41. The van der Waals surface area contributed by atoms with Gasteiger partial charge in [-0.3, -0.25) is 4.79 Å². The summed E-state index contributed by atoms with van der Waals surface area (Å²) in [6.07, 6.45) is 1.63. The smallest absolute Gasteiger partial charge is 0.338 e. The first kappa shape index (κ1) is 17.4. The lowest BCUT2D eigenvalue weighted by molar-refractivity contribution is 0.0691. The van der Waals surface area contributed by atoms with E-state index in [0.717, 1.165) is 12.8 Å². The number of carboxylic acid groups (broad SMARTS) is 1. The van der Waals surface area contributed by atoms with Crippen LogP contribution in [-0.2, 0) is 0 Å². The number of amides is 1. The van der Waals surface area contributed by atoms with Gasteiger partial charge < -0.3 is 10.4 Å². The van der Waals surface area contributed by atoms with Crippen LogP contribution >= 0.6 is 46.4 Å². The molecule has 0 heterocycles. The van der Waals surface area contributed by atoms with Gasteiger partial charge in [0.1, 0.15) is 0 Å². The SMILES string of the molecule is CCCCNC(=O)c1c(Cl)c(Cl)c(Cl)c(Cl)c1C(=O)O. The van der Waals surface area contributed by atoms with Crippen LogP contribution < -0.4 is 5.32 Å². The standard InChI is InChI=1S/C12H11Cl4NO3/c1-2-3-4-17-11(18)5-6(12(19)20)8(14)10(16)9(15)7(5)13/h2-4H2,1H3,(H,17,18)(H,19,20). The number of benzene rings is 1. The van der Waals surface area contributed by atoms with Crippen molar-refractivity contribution in [3.8, 4) is 0 Å². The molecule has 0 radical (unpaired) electrons. The molecule has 0 aliphatic carbocycles. The fraction of sp³-hybridized carbons (Fsp3) is 0.333.